The van der Waals surface area contributed by atoms with Crippen LogP contribution in [0.3, 0.4) is 0 Å². The van der Waals surface area contributed by atoms with Crippen LogP contribution in [-0.2, 0) is 0 Å². The molecule has 104 valence electrons. The highest BCUT2D eigenvalue weighted by atomic mass is 16.5. The Balaban J connectivity index is 1.97. The number of nitrogens with zero attached hydrogens (tertiary/aromatic N) is 1. The van der Waals surface area contributed by atoms with Crippen molar-refractivity contribution in [1.29, 1.82) is 0 Å². The molecule has 0 radical (unpaired) electrons. The Hall–Kier alpha value is -2.81. The SMILES string of the molecule is COc1cccc(N=Cc2ccc3ccccc3c2O)c1. The van der Waals surface area contributed by atoms with Gasteiger partial charge in [-0.25, -0.2) is 0 Å². The maximum absolute atomic E-state index is 10.3. The fourth-order valence-electron chi connectivity index (χ4n) is 2.21. The molecule has 3 heteroatoms. The van der Waals surface area contributed by atoms with E-state index in [0.717, 1.165) is 22.2 Å². The van der Waals surface area contributed by atoms with Crippen molar-refractivity contribution in [2.24, 2.45) is 4.99 Å². The molecule has 0 saturated carbocycles. The topological polar surface area (TPSA) is 41.8 Å². The second kappa shape index (κ2) is 5.67. The Morgan fingerprint density at radius 3 is 2.71 bits per heavy atom. The first-order valence-corrected chi connectivity index (χ1v) is 6.67. The predicted molar refractivity (Wildman–Crippen MR) is 85.9 cm³/mol. The van der Waals surface area contributed by atoms with Crippen LogP contribution in [0.15, 0.2) is 65.7 Å². The number of methoxy groups -OCH3 is 1. The summed E-state index contributed by atoms with van der Waals surface area (Å²) in [7, 11) is 1.62. The number of ether oxygens (including phenoxy) is 1. The van der Waals surface area contributed by atoms with Crippen molar-refractivity contribution in [3.8, 4) is 11.5 Å². The first-order chi connectivity index (χ1) is 10.3. The van der Waals surface area contributed by atoms with Gasteiger partial charge in [-0.1, -0.05) is 36.4 Å². The van der Waals surface area contributed by atoms with E-state index < -0.39 is 0 Å². The number of benzene rings is 3. The summed E-state index contributed by atoms with van der Waals surface area (Å²) < 4.78 is 5.16. The molecule has 0 aliphatic rings. The van der Waals surface area contributed by atoms with Crippen molar-refractivity contribution in [2.75, 3.05) is 7.11 Å². The minimum atomic E-state index is 0.250. The number of aliphatic imine (C=N–C) groups is 1. The van der Waals surface area contributed by atoms with Gasteiger partial charge in [0.2, 0.25) is 0 Å². The van der Waals surface area contributed by atoms with Crippen LogP contribution in [0.25, 0.3) is 10.8 Å². The zero-order chi connectivity index (χ0) is 14.7. The summed E-state index contributed by atoms with van der Waals surface area (Å²) in [6.07, 6.45) is 1.66. The molecule has 0 spiro atoms. The van der Waals surface area contributed by atoms with E-state index in [4.69, 9.17) is 4.74 Å². The van der Waals surface area contributed by atoms with Crippen molar-refractivity contribution in [2.45, 2.75) is 0 Å². The summed E-state index contributed by atoms with van der Waals surface area (Å²) >= 11 is 0. The highest BCUT2D eigenvalue weighted by Crippen LogP contribution is 2.28. The van der Waals surface area contributed by atoms with E-state index in [-0.39, 0.29) is 5.75 Å². The summed E-state index contributed by atoms with van der Waals surface area (Å²) in [6.45, 7) is 0. The van der Waals surface area contributed by atoms with Crippen LogP contribution in [0.2, 0.25) is 0 Å². The van der Waals surface area contributed by atoms with Gasteiger partial charge in [0, 0.05) is 23.2 Å². The fraction of sp³-hybridized carbons (Fsp3) is 0.0556. The lowest BCUT2D eigenvalue weighted by Gasteiger charge is -2.04. The normalized spacial score (nSPS) is 11.1. The van der Waals surface area contributed by atoms with Gasteiger partial charge in [-0.2, -0.15) is 0 Å². The predicted octanol–water partition coefficient (Wildman–Crippen LogP) is 4.30. The Bertz CT molecular complexity index is 809. The molecule has 0 unspecified atom stereocenters. The first-order valence-electron chi connectivity index (χ1n) is 6.67. The van der Waals surface area contributed by atoms with E-state index in [1.165, 1.54) is 0 Å². The summed E-state index contributed by atoms with van der Waals surface area (Å²) in [4.78, 5) is 4.39. The van der Waals surface area contributed by atoms with Gasteiger partial charge in [-0.05, 0) is 23.6 Å². The minimum Gasteiger partial charge on any atom is -0.507 e. The summed E-state index contributed by atoms with van der Waals surface area (Å²) in [5.74, 6) is 1.01. The lowest BCUT2D eigenvalue weighted by atomic mass is 10.1. The smallest absolute Gasteiger partial charge is 0.132 e. The molecule has 0 amide bonds. The molecule has 3 aromatic carbocycles. The molecular formula is C18H15NO2. The molecule has 21 heavy (non-hydrogen) atoms. The van der Waals surface area contributed by atoms with E-state index in [2.05, 4.69) is 4.99 Å². The quantitative estimate of drug-likeness (QED) is 0.725. The monoisotopic (exact) mass is 277 g/mol. The molecule has 0 atom stereocenters. The molecule has 0 aromatic heterocycles. The number of rotatable bonds is 3. The third kappa shape index (κ3) is 2.72. The maximum Gasteiger partial charge on any atom is 0.132 e. The molecule has 0 bridgehead atoms. The van der Waals surface area contributed by atoms with E-state index in [9.17, 15) is 5.11 Å². The van der Waals surface area contributed by atoms with Crippen molar-refractivity contribution in [3.05, 3.63) is 66.2 Å². The largest absolute Gasteiger partial charge is 0.507 e. The van der Waals surface area contributed by atoms with Gasteiger partial charge in [0.1, 0.15) is 11.5 Å². The number of aromatic hydroxyl groups is 1. The second-order valence-corrected chi connectivity index (χ2v) is 4.68. The van der Waals surface area contributed by atoms with Crippen molar-refractivity contribution < 1.29 is 9.84 Å². The second-order valence-electron chi connectivity index (χ2n) is 4.68. The van der Waals surface area contributed by atoms with E-state index in [0.29, 0.717) is 5.56 Å². The Morgan fingerprint density at radius 1 is 1.00 bits per heavy atom. The Morgan fingerprint density at radius 2 is 1.86 bits per heavy atom. The van der Waals surface area contributed by atoms with Crippen molar-refractivity contribution in [1.82, 2.24) is 0 Å². The van der Waals surface area contributed by atoms with Crippen LogP contribution in [0.1, 0.15) is 5.56 Å². The number of fused-ring (bicyclic) bond motifs is 1. The number of hydrogen-bond acceptors (Lipinski definition) is 3. The zero-order valence-electron chi connectivity index (χ0n) is 11.7. The van der Waals surface area contributed by atoms with Crippen molar-refractivity contribution in [3.63, 3.8) is 0 Å². The maximum atomic E-state index is 10.3. The van der Waals surface area contributed by atoms with Gasteiger partial charge in [0.05, 0.1) is 12.8 Å². The van der Waals surface area contributed by atoms with Crippen LogP contribution >= 0.6 is 0 Å². The van der Waals surface area contributed by atoms with Crippen LogP contribution in [0, 0.1) is 0 Å². The highest BCUT2D eigenvalue weighted by molar-refractivity contribution is 5.97. The standard InChI is InChI=1S/C18H15NO2/c1-21-16-7-4-6-15(11-16)19-12-14-10-9-13-5-2-3-8-17(13)18(14)20/h2-12,20H,1H3. The molecule has 3 nitrogen and oxygen atoms in total. The van der Waals surface area contributed by atoms with Gasteiger partial charge in [-0.15, -0.1) is 0 Å². The molecule has 0 saturated heterocycles. The highest BCUT2D eigenvalue weighted by Gasteiger charge is 2.03. The van der Waals surface area contributed by atoms with Crippen LogP contribution < -0.4 is 4.74 Å². The van der Waals surface area contributed by atoms with Crippen LogP contribution in [0.5, 0.6) is 11.5 Å². The third-order valence-corrected chi connectivity index (χ3v) is 3.34. The lowest BCUT2D eigenvalue weighted by molar-refractivity contribution is 0.415. The summed E-state index contributed by atoms with van der Waals surface area (Å²) in [5, 5.41) is 12.1. The van der Waals surface area contributed by atoms with Crippen LogP contribution in [-0.4, -0.2) is 18.4 Å². The average molecular weight is 277 g/mol. The molecule has 0 heterocycles. The Labute approximate surface area is 123 Å². The third-order valence-electron chi connectivity index (χ3n) is 3.34. The number of phenols is 1. The zero-order valence-corrected chi connectivity index (χ0v) is 11.7. The van der Waals surface area contributed by atoms with Gasteiger partial charge in [-0.3, -0.25) is 4.99 Å². The molecule has 0 aliphatic heterocycles. The molecule has 3 rings (SSSR count). The van der Waals surface area contributed by atoms with Crippen LogP contribution in [0.4, 0.5) is 5.69 Å². The number of hydrogen-bond donors (Lipinski definition) is 1. The summed E-state index contributed by atoms with van der Waals surface area (Å²) in [6, 6.07) is 19.0. The minimum absolute atomic E-state index is 0.250. The molecule has 1 N–H and O–H groups in total. The van der Waals surface area contributed by atoms with Gasteiger partial charge in [0.15, 0.2) is 0 Å². The van der Waals surface area contributed by atoms with E-state index >= 15 is 0 Å². The molecule has 0 fully saturated rings. The fourth-order valence-corrected chi connectivity index (χ4v) is 2.21. The van der Waals surface area contributed by atoms with Gasteiger partial charge in [0.25, 0.3) is 0 Å². The Kier molecular flexibility index (Phi) is 3.56. The van der Waals surface area contributed by atoms with Gasteiger partial charge >= 0.3 is 0 Å². The summed E-state index contributed by atoms with van der Waals surface area (Å²) in [5.41, 5.74) is 1.47. The lowest BCUT2D eigenvalue weighted by Crippen LogP contribution is -1.84. The molecular weight excluding hydrogens is 262 g/mol. The van der Waals surface area contributed by atoms with Crippen molar-refractivity contribution >= 4 is 22.7 Å². The molecule has 0 aliphatic carbocycles. The molecule has 3 aromatic rings. The van der Waals surface area contributed by atoms with E-state index in [1.807, 2.05) is 60.7 Å². The van der Waals surface area contributed by atoms with Gasteiger partial charge < -0.3 is 9.84 Å². The van der Waals surface area contributed by atoms with E-state index in [1.54, 1.807) is 13.3 Å². The number of phenolic OH excluding ortho intramolecular Hbond substituents is 1. The first kappa shape index (κ1) is 13.2. The average Bonchev–Trinajstić information content (AvgIpc) is 2.55.